The Bertz CT molecular complexity index is 1370. The molecule has 5 heteroatoms. The third-order valence-electron chi connectivity index (χ3n) is 6.48. The molecule has 0 amide bonds. The number of aryl methyl sites for hydroxylation is 1. The number of rotatable bonds is 5. The van der Waals surface area contributed by atoms with Crippen LogP contribution in [0.4, 0.5) is 0 Å². The number of aromatic amines is 1. The Morgan fingerprint density at radius 2 is 1.66 bits per heavy atom. The maximum atomic E-state index is 13.4. The molecular weight excluding hydrogens is 416 g/mol. The number of para-hydroxylation sites is 1. The Morgan fingerprint density at radius 1 is 0.969 bits per heavy atom. The molecule has 1 aromatic heterocycles. The summed E-state index contributed by atoms with van der Waals surface area (Å²) >= 11 is 0. The van der Waals surface area contributed by atoms with Gasteiger partial charge in [0.25, 0.3) is 0 Å². The smallest absolute Gasteiger partial charge is 0.243 e. The average Bonchev–Trinajstić information content (AvgIpc) is 3.40. The number of sulfonamides is 1. The summed E-state index contributed by atoms with van der Waals surface area (Å²) in [7, 11) is -3.58. The summed E-state index contributed by atoms with van der Waals surface area (Å²) in [5.41, 5.74) is 5.40. The average molecular weight is 443 g/mol. The highest BCUT2D eigenvalue weighted by Gasteiger charge is 2.40. The van der Waals surface area contributed by atoms with Crippen LogP contribution in [0.15, 0.2) is 102 Å². The summed E-state index contributed by atoms with van der Waals surface area (Å²) in [6.45, 7) is 7.03. The molecule has 3 aromatic carbocycles. The van der Waals surface area contributed by atoms with Crippen molar-refractivity contribution < 1.29 is 8.42 Å². The largest absolute Gasteiger partial charge is 0.361 e. The SMILES string of the molecule is C=C1CN(S(=O)(=O)c2ccc(C)cc2)C[C@H]1[C@@H](c1ccccc1)c1c[nH]c2ccccc12. The van der Waals surface area contributed by atoms with E-state index in [0.29, 0.717) is 18.0 Å². The Kier molecular flexibility index (Phi) is 5.24. The number of hydrogen-bond acceptors (Lipinski definition) is 2. The molecule has 1 N–H and O–H groups in total. The number of fused-ring (bicyclic) bond motifs is 1. The van der Waals surface area contributed by atoms with E-state index in [1.165, 1.54) is 5.56 Å². The highest BCUT2D eigenvalue weighted by atomic mass is 32.2. The lowest BCUT2D eigenvalue weighted by atomic mass is 9.78. The molecule has 4 nitrogen and oxygen atoms in total. The van der Waals surface area contributed by atoms with Crippen LogP contribution in [0.5, 0.6) is 0 Å². The van der Waals surface area contributed by atoms with Crippen molar-refractivity contribution in [2.75, 3.05) is 13.1 Å². The van der Waals surface area contributed by atoms with Crippen LogP contribution in [0, 0.1) is 12.8 Å². The minimum absolute atomic E-state index is 0.0121. The summed E-state index contributed by atoms with van der Waals surface area (Å²) in [6, 6.07) is 25.6. The number of nitrogens with zero attached hydrogens (tertiary/aromatic N) is 1. The Balaban J connectivity index is 1.55. The van der Waals surface area contributed by atoms with E-state index in [0.717, 1.165) is 27.6 Å². The van der Waals surface area contributed by atoms with Gasteiger partial charge in [-0.2, -0.15) is 4.31 Å². The lowest BCUT2D eigenvalue weighted by Crippen LogP contribution is -2.30. The molecule has 0 saturated carbocycles. The Morgan fingerprint density at radius 3 is 2.41 bits per heavy atom. The van der Waals surface area contributed by atoms with Gasteiger partial charge in [0.05, 0.1) is 4.90 Å². The van der Waals surface area contributed by atoms with Crippen LogP contribution < -0.4 is 0 Å². The van der Waals surface area contributed by atoms with Gasteiger partial charge in [-0.1, -0.05) is 78.4 Å². The van der Waals surface area contributed by atoms with E-state index in [4.69, 9.17) is 0 Å². The van der Waals surface area contributed by atoms with E-state index in [-0.39, 0.29) is 11.8 Å². The summed E-state index contributed by atoms with van der Waals surface area (Å²) in [6.07, 6.45) is 2.06. The van der Waals surface area contributed by atoms with Crippen molar-refractivity contribution in [3.63, 3.8) is 0 Å². The monoisotopic (exact) mass is 442 g/mol. The molecule has 0 unspecified atom stereocenters. The molecule has 1 aliphatic heterocycles. The van der Waals surface area contributed by atoms with Gasteiger partial charge < -0.3 is 4.98 Å². The molecule has 1 fully saturated rings. The number of aromatic nitrogens is 1. The standard InChI is InChI=1S/C27H26N2O2S/c1-19-12-14-22(15-13-19)32(30,31)29-17-20(2)25(18-29)27(21-8-4-3-5-9-21)24-16-28-26-11-7-6-10-23(24)26/h3-16,25,27-28H,2,17-18H2,1H3/t25-,27+/m1/s1. The van der Waals surface area contributed by atoms with E-state index in [1.54, 1.807) is 16.4 Å². The molecule has 0 aliphatic carbocycles. The van der Waals surface area contributed by atoms with Crippen molar-refractivity contribution in [3.8, 4) is 0 Å². The van der Waals surface area contributed by atoms with Crippen molar-refractivity contribution in [2.45, 2.75) is 17.7 Å². The summed E-state index contributed by atoms with van der Waals surface area (Å²) < 4.78 is 28.3. The maximum Gasteiger partial charge on any atom is 0.243 e. The molecule has 162 valence electrons. The molecule has 0 radical (unpaired) electrons. The van der Waals surface area contributed by atoms with Crippen LogP contribution in [-0.2, 0) is 10.0 Å². The fourth-order valence-corrected chi connectivity index (χ4v) is 6.25. The lowest BCUT2D eigenvalue weighted by molar-refractivity contribution is 0.444. The van der Waals surface area contributed by atoms with Crippen LogP contribution in [0.25, 0.3) is 10.9 Å². The molecule has 0 spiro atoms. The molecule has 32 heavy (non-hydrogen) atoms. The van der Waals surface area contributed by atoms with Crippen molar-refractivity contribution >= 4 is 20.9 Å². The second kappa shape index (κ2) is 8.08. The molecular formula is C27H26N2O2S. The third-order valence-corrected chi connectivity index (χ3v) is 8.31. The molecule has 2 atom stereocenters. The van der Waals surface area contributed by atoms with Gasteiger partial charge >= 0.3 is 0 Å². The molecule has 4 aromatic rings. The number of H-pyrrole nitrogens is 1. The molecule has 2 heterocycles. The first-order valence-corrected chi connectivity index (χ1v) is 12.2. The van der Waals surface area contributed by atoms with Crippen LogP contribution in [0.1, 0.15) is 22.6 Å². The quantitative estimate of drug-likeness (QED) is 0.416. The van der Waals surface area contributed by atoms with Gasteiger partial charge in [0, 0.05) is 42.0 Å². The minimum atomic E-state index is -3.58. The molecule has 1 aliphatic rings. The van der Waals surface area contributed by atoms with Gasteiger partial charge in [0.2, 0.25) is 10.0 Å². The van der Waals surface area contributed by atoms with Crippen molar-refractivity contribution in [3.05, 3.63) is 114 Å². The third kappa shape index (κ3) is 3.57. The highest BCUT2D eigenvalue weighted by molar-refractivity contribution is 7.89. The van der Waals surface area contributed by atoms with E-state index >= 15 is 0 Å². The predicted molar refractivity (Wildman–Crippen MR) is 129 cm³/mol. The second-order valence-corrected chi connectivity index (χ2v) is 10.5. The van der Waals surface area contributed by atoms with E-state index in [2.05, 4.69) is 42.0 Å². The first kappa shape index (κ1) is 20.7. The zero-order valence-electron chi connectivity index (χ0n) is 18.0. The number of benzene rings is 3. The normalized spacial score (nSPS) is 18.3. The second-order valence-electron chi connectivity index (χ2n) is 8.55. The molecule has 1 saturated heterocycles. The predicted octanol–water partition coefficient (Wildman–Crippen LogP) is 5.49. The zero-order valence-corrected chi connectivity index (χ0v) is 18.8. The van der Waals surface area contributed by atoms with Crippen molar-refractivity contribution in [1.82, 2.24) is 9.29 Å². The zero-order chi connectivity index (χ0) is 22.3. The fourth-order valence-electron chi connectivity index (χ4n) is 4.78. The fraction of sp³-hybridized carbons (Fsp3) is 0.185. The Hall–Kier alpha value is -3.15. The highest BCUT2D eigenvalue weighted by Crippen LogP contribution is 2.43. The lowest BCUT2D eigenvalue weighted by Gasteiger charge is -2.25. The van der Waals surface area contributed by atoms with Gasteiger partial charge in [0.15, 0.2) is 0 Å². The van der Waals surface area contributed by atoms with Gasteiger partial charge in [-0.15, -0.1) is 0 Å². The summed E-state index contributed by atoms with van der Waals surface area (Å²) in [5, 5.41) is 1.16. The topological polar surface area (TPSA) is 53.2 Å². The molecule has 5 rings (SSSR count). The van der Waals surface area contributed by atoms with Gasteiger partial charge in [0.1, 0.15) is 0 Å². The van der Waals surface area contributed by atoms with Gasteiger partial charge in [-0.05, 0) is 36.2 Å². The van der Waals surface area contributed by atoms with E-state index < -0.39 is 10.0 Å². The summed E-state index contributed by atoms with van der Waals surface area (Å²) in [4.78, 5) is 3.72. The van der Waals surface area contributed by atoms with Crippen LogP contribution in [0.3, 0.4) is 0 Å². The number of nitrogens with one attached hydrogen (secondary N) is 1. The minimum Gasteiger partial charge on any atom is -0.361 e. The van der Waals surface area contributed by atoms with Gasteiger partial charge in [-0.25, -0.2) is 8.42 Å². The molecule has 0 bridgehead atoms. The van der Waals surface area contributed by atoms with E-state index in [9.17, 15) is 8.42 Å². The number of hydrogen-bond donors (Lipinski definition) is 1. The van der Waals surface area contributed by atoms with Gasteiger partial charge in [-0.3, -0.25) is 0 Å². The van der Waals surface area contributed by atoms with Crippen LogP contribution >= 0.6 is 0 Å². The first-order valence-electron chi connectivity index (χ1n) is 10.8. The summed E-state index contributed by atoms with van der Waals surface area (Å²) in [5.74, 6) is -0.00472. The first-order chi connectivity index (χ1) is 15.4. The van der Waals surface area contributed by atoms with Crippen LogP contribution in [0.2, 0.25) is 0 Å². The van der Waals surface area contributed by atoms with E-state index in [1.807, 2.05) is 49.4 Å². The maximum absolute atomic E-state index is 13.4. The van der Waals surface area contributed by atoms with Crippen LogP contribution in [-0.4, -0.2) is 30.8 Å². The Labute approximate surface area is 189 Å². The van der Waals surface area contributed by atoms with Crippen molar-refractivity contribution in [1.29, 1.82) is 0 Å². The van der Waals surface area contributed by atoms with Crippen molar-refractivity contribution in [2.24, 2.45) is 5.92 Å².